The highest BCUT2D eigenvalue weighted by molar-refractivity contribution is 5.91. The van der Waals surface area contributed by atoms with Crippen LogP contribution in [0.25, 0.3) is 16.7 Å². The lowest BCUT2D eigenvalue weighted by Gasteiger charge is -2.11. The van der Waals surface area contributed by atoms with Crippen molar-refractivity contribution in [1.29, 1.82) is 0 Å². The highest BCUT2D eigenvalue weighted by atomic mass is 16.5. The molecule has 6 heteroatoms. The number of carbonyl (C=O) groups excluding carboxylic acids is 1. The van der Waals surface area contributed by atoms with Crippen molar-refractivity contribution in [2.75, 3.05) is 6.61 Å². The fourth-order valence-corrected chi connectivity index (χ4v) is 3.40. The first-order valence-electron chi connectivity index (χ1n) is 11.0. The first-order valence-corrected chi connectivity index (χ1v) is 11.0. The summed E-state index contributed by atoms with van der Waals surface area (Å²) < 4.78 is 11.5. The lowest BCUT2D eigenvalue weighted by Crippen LogP contribution is -2.11. The summed E-state index contributed by atoms with van der Waals surface area (Å²) in [5.74, 6) is 0.708. The maximum Gasteiger partial charge on any atom is 0.343 e. The number of fused-ring (bicyclic) bond motifs is 1. The van der Waals surface area contributed by atoms with Crippen molar-refractivity contribution in [3.05, 3.63) is 77.9 Å². The topological polar surface area (TPSA) is 66.2 Å². The quantitative estimate of drug-likeness (QED) is 0.188. The second-order valence-corrected chi connectivity index (χ2v) is 7.77. The zero-order valence-corrected chi connectivity index (χ0v) is 18.5. The molecule has 0 fully saturated rings. The first kappa shape index (κ1) is 21.6. The van der Waals surface area contributed by atoms with Crippen LogP contribution in [0.5, 0.6) is 11.5 Å². The van der Waals surface area contributed by atoms with Gasteiger partial charge in [-0.25, -0.2) is 4.79 Å². The molecule has 0 spiro atoms. The molecule has 0 aliphatic heterocycles. The Bertz CT molecular complexity index is 1170. The zero-order chi connectivity index (χ0) is 22.3. The third kappa shape index (κ3) is 5.14. The van der Waals surface area contributed by atoms with Gasteiger partial charge >= 0.3 is 5.97 Å². The fourth-order valence-electron chi connectivity index (χ4n) is 3.40. The molecule has 0 bridgehead atoms. The molecule has 1 aromatic heterocycles. The molecule has 1 heterocycles. The number of hydrogen-bond donors (Lipinski definition) is 0. The monoisotopic (exact) mass is 429 g/mol. The van der Waals surface area contributed by atoms with E-state index in [9.17, 15) is 4.79 Å². The Hall–Kier alpha value is -3.67. The molecule has 0 radical (unpaired) electrons. The normalized spacial score (nSPS) is 10.9. The summed E-state index contributed by atoms with van der Waals surface area (Å²) >= 11 is 0. The average Bonchev–Trinajstić information content (AvgIpc) is 3.24. The minimum Gasteiger partial charge on any atom is -0.494 e. The highest BCUT2D eigenvalue weighted by Crippen LogP contribution is 2.26. The van der Waals surface area contributed by atoms with Crippen molar-refractivity contribution in [3.63, 3.8) is 0 Å². The minimum atomic E-state index is -0.443. The van der Waals surface area contributed by atoms with Crippen LogP contribution in [-0.4, -0.2) is 27.6 Å². The van der Waals surface area contributed by atoms with Gasteiger partial charge < -0.3 is 9.47 Å². The molecule has 0 saturated carbocycles. The second-order valence-electron chi connectivity index (χ2n) is 7.77. The molecule has 164 valence electrons. The Kier molecular flexibility index (Phi) is 6.80. The third-order valence-electron chi connectivity index (χ3n) is 5.18. The van der Waals surface area contributed by atoms with Crippen molar-refractivity contribution < 1.29 is 14.3 Å². The van der Waals surface area contributed by atoms with Crippen LogP contribution in [0.15, 0.2) is 66.7 Å². The van der Waals surface area contributed by atoms with E-state index in [0.29, 0.717) is 23.6 Å². The molecule has 0 aliphatic carbocycles. The van der Waals surface area contributed by atoms with E-state index in [4.69, 9.17) is 9.47 Å². The van der Waals surface area contributed by atoms with Crippen LogP contribution >= 0.6 is 0 Å². The van der Waals surface area contributed by atoms with E-state index in [1.165, 1.54) is 24.1 Å². The Balaban J connectivity index is 1.47. The number of aryl methyl sites for hydroxylation is 1. The Labute approximate surface area is 187 Å². The summed E-state index contributed by atoms with van der Waals surface area (Å²) in [6, 6.07) is 20.2. The molecular weight excluding hydrogens is 402 g/mol. The Morgan fingerprint density at radius 3 is 2.31 bits per heavy atom. The van der Waals surface area contributed by atoms with E-state index in [2.05, 4.69) is 17.1 Å². The van der Waals surface area contributed by atoms with E-state index >= 15 is 0 Å². The molecule has 0 aliphatic rings. The molecule has 6 nitrogen and oxygen atoms in total. The number of benzene rings is 3. The molecular formula is C26H27N3O3. The zero-order valence-electron chi connectivity index (χ0n) is 18.5. The number of hydrogen-bond acceptors (Lipinski definition) is 5. The molecule has 0 N–H and O–H groups in total. The fraction of sp³-hybridized carbons (Fsp3) is 0.269. The Morgan fingerprint density at radius 1 is 0.906 bits per heavy atom. The molecule has 0 saturated heterocycles. The van der Waals surface area contributed by atoms with E-state index in [1.54, 1.807) is 30.3 Å². The van der Waals surface area contributed by atoms with Gasteiger partial charge in [-0.1, -0.05) is 44.4 Å². The summed E-state index contributed by atoms with van der Waals surface area (Å²) in [6.45, 7) is 4.84. The van der Waals surface area contributed by atoms with Crippen LogP contribution in [0.2, 0.25) is 0 Å². The van der Waals surface area contributed by atoms with Crippen LogP contribution in [0.4, 0.5) is 0 Å². The molecule has 0 unspecified atom stereocenters. The smallest absolute Gasteiger partial charge is 0.343 e. The minimum absolute atomic E-state index is 0.400. The van der Waals surface area contributed by atoms with Gasteiger partial charge in [0.05, 0.1) is 12.2 Å². The van der Waals surface area contributed by atoms with Crippen molar-refractivity contribution in [2.24, 2.45) is 0 Å². The van der Waals surface area contributed by atoms with E-state index in [0.717, 1.165) is 28.8 Å². The molecule has 32 heavy (non-hydrogen) atoms. The lowest BCUT2D eigenvalue weighted by atomic mass is 10.2. The molecule has 4 rings (SSSR count). The van der Waals surface area contributed by atoms with Crippen molar-refractivity contribution in [3.8, 4) is 17.2 Å². The maximum absolute atomic E-state index is 12.8. The second kappa shape index (κ2) is 10.1. The third-order valence-corrected chi connectivity index (χ3v) is 5.18. The predicted octanol–water partition coefficient (Wildman–Crippen LogP) is 5.91. The summed E-state index contributed by atoms with van der Waals surface area (Å²) in [7, 11) is 0. The van der Waals surface area contributed by atoms with Crippen LogP contribution in [0.1, 0.15) is 48.5 Å². The molecule has 0 atom stereocenters. The van der Waals surface area contributed by atoms with Crippen LogP contribution in [0, 0.1) is 6.92 Å². The van der Waals surface area contributed by atoms with Crippen molar-refractivity contribution >= 4 is 17.0 Å². The summed E-state index contributed by atoms with van der Waals surface area (Å²) in [5.41, 5.74) is 3.63. The van der Waals surface area contributed by atoms with Gasteiger partial charge in [-0.05, 0) is 67.4 Å². The average molecular weight is 430 g/mol. The van der Waals surface area contributed by atoms with Crippen LogP contribution < -0.4 is 9.47 Å². The van der Waals surface area contributed by atoms with E-state index in [1.807, 2.05) is 43.3 Å². The number of unbranched alkanes of at least 4 members (excludes halogenated alkanes) is 3. The first-order chi connectivity index (χ1) is 15.6. The highest BCUT2D eigenvalue weighted by Gasteiger charge is 2.15. The number of esters is 1. The number of aromatic nitrogens is 3. The molecule has 4 aromatic rings. The SMILES string of the molecule is CCCCCCOc1ccc(C(=O)Oc2ccc(C)cc2-n2nc3ccccc3n2)cc1. The predicted molar refractivity (Wildman–Crippen MR) is 125 cm³/mol. The maximum atomic E-state index is 12.8. The summed E-state index contributed by atoms with van der Waals surface area (Å²) in [5, 5.41) is 9.04. The van der Waals surface area contributed by atoms with Gasteiger partial charge in [0.25, 0.3) is 0 Å². The van der Waals surface area contributed by atoms with Crippen molar-refractivity contribution in [1.82, 2.24) is 15.0 Å². The van der Waals surface area contributed by atoms with E-state index in [-0.39, 0.29) is 0 Å². The van der Waals surface area contributed by atoms with Gasteiger partial charge in [0.1, 0.15) is 22.5 Å². The van der Waals surface area contributed by atoms with Crippen LogP contribution in [-0.2, 0) is 0 Å². The van der Waals surface area contributed by atoms with E-state index < -0.39 is 5.97 Å². The van der Waals surface area contributed by atoms with Gasteiger partial charge in [-0.2, -0.15) is 0 Å². The van der Waals surface area contributed by atoms with Crippen LogP contribution in [0.3, 0.4) is 0 Å². The number of carbonyl (C=O) groups is 1. The summed E-state index contributed by atoms with van der Waals surface area (Å²) in [4.78, 5) is 14.3. The standard InChI is InChI=1S/C26H27N3O3/c1-3-4-5-8-17-31-21-14-12-20(13-15-21)26(30)32-25-16-11-19(2)18-24(25)29-27-22-9-6-7-10-23(22)28-29/h6-7,9-16,18H,3-5,8,17H2,1-2H3. The Morgan fingerprint density at radius 2 is 1.62 bits per heavy atom. The van der Waals surface area contributed by atoms with Gasteiger partial charge in [0.2, 0.25) is 0 Å². The largest absolute Gasteiger partial charge is 0.494 e. The van der Waals surface area contributed by atoms with Gasteiger partial charge in [0, 0.05) is 0 Å². The number of nitrogens with zero attached hydrogens (tertiary/aromatic N) is 3. The van der Waals surface area contributed by atoms with Crippen molar-refractivity contribution in [2.45, 2.75) is 39.5 Å². The lowest BCUT2D eigenvalue weighted by molar-refractivity contribution is 0.0734. The molecule has 0 amide bonds. The number of rotatable bonds is 9. The molecule has 3 aromatic carbocycles. The van der Waals surface area contributed by atoms with Gasteiger partial charge in [0.15, 0.2) is 5.75 Å². The van der Waals surface area contributed by atoms with Gasteiger partial charge in [-0.15, -0.1) is 15.0 Å². The number of ether oxygens (including phenoxy) is 2. The van der Waals surface area contributed by atoms with Gasteiger partial charge in [-0.3, -0.25) is 0 Å². The summed E-state index contributed by atoms with van der Waals surface area (Å²) in [6.07, 6.45) is 4.62.